The van der Waals surface area contributed by atoms with Gasteiger partial charge in [-0.15, -0.1) is 0 Å². The van der Waals surface area contributed by atoms with Crippen LogP contribution in [0.1, 0.15) is 47.7 Å². The Morgan fingerprint density at radius 3 is 2.17 bits per heavy atom. The summed E-state index contributed by atoms with van der Waals surface area (Å²) >= 11 is 0. The van der Waals surface area contributed by atoms with Crippen molar-refractivity contribution in [1.29, 1.82) is 0 Å². The first-order valence-electron chi connectivity index (χ1n) is 10.3. The lowest BCUT2D eigenvalue weighted by Gasteiger charge is -2.35. The van der Waals surface area contributed by atoms with Crippen LogP contribution in [0.2, 0.25) is 0 Å². The van der Waals surface area contributed by atoms with E-state index in [0.717, 1.165) is 11.3 Å². The van der Waals surface area contributed by atoms with Crippen molar-refractivity contribution in [2.75, 3.05) is 33.3 Å². The van der Waals surface area contributed by atoms with Gasteiger partial charge in [0.05, 0.1) is 7.11 Å². The maximum absolute atomic E-state index is 12.7. The molecule has 0 atom stereocenters. The predicted molar refractivity (Wildman–Crippen MR) is 114 cm³/mol. The maximum atomic E-state index is 12.7. The van der Waals surface area contributed by atoms with Crippen LogP contribution in [-0.4, -0.2) is 54.9 Å². The summed E-state index contributed by atoms with van der Waals surface area (Å²) in [6.45, 7) is 6.60. The fourth-order valence-corrected chi connectivity index (χ4v) is 3.66. The van der Waals surface area contributed by atoms with Crippen LogP contribution >= 0.6 is 0 Å². The number of ether oxygens (including phenoxy) is 1. The van der Waals surface area contributed by atoms with E-state index in [0.29, 0.717) is 50.5 Å². The fraction of sp³-hybridized carbons (Fsp3) is 0.417. The number of benzene rings is 2. The summed E-state index contributed by atoms with van der Waals surface area (Å²) in [4.78, 5) is 29.1. The maximum Gasteiger partial charge on any atom is 0.253 e. The number of methoxy groups -OCH3 is 1. The highest BCUT2D eigenvalue weighted by Crippen LogP contribution is 2.20. The third-order valence-corrected chi connectivity index (χ3v) is 5.54. The molecular weight excluding hydrogens is 364 g/mol. The molecule has 1 heterocycles. The normalized spacial score (nSPS) is 14.2. The highest BCUT2D eigenvalue weighted by atomic mass is 16.5. The molecule has 0 unspecified atom stereocenters. The first kappa shape index (κ1) is 20.9. The van der Waals surface area contributed by atoms with Crippen LogP contribution in [0.25, 0.3) is 0 Å². The number of carbonyl (C=O) groups is 2. The summed E-state index contributed by atoms with van der Waals surface area (Å²) < 4.78 is 5.36. The minimum Gasteiger partial charge on any atom is -0.496 e. The molecule has 1 aliphatic rings. The molecule has 154 valence electrons. The minimum atomic E-state index is 0.0430. The number of nitrogens with zero attached hydrogens (tertiary/aromatic N) is 2. The van der Waals surface area contributed by atoms with Gasteiger partial charge >= 0.3 is 0 Å². The van der Waals surface area contributed by atoms with Gasteiger partial charge in [-0.25, -0.2) is 0 Å². The molecule has 0 bridgehead atoms. The molecule has 5 nitrogen and oxygen atoms in total. The van der Waals surface area contributed by atoms with E-state index >= 15 is 0 Å². The van der Waals surface area contributed by atoms with Gasteiger partial charge in [0, 0.05) is 38.2 Å². The zero-order chi connectivity index (χ0) is 20.8. The number of piperazine rings is 1. The summed E-state index contributed by atoms with van der Waals surface area (Å²) in [5, 5.41) is 0. The molecule has 1 aliphatic heterocycles. The van der Waals surface area contributed by atoms with E-state index in [1.54, 1.807) is 7.11 Å². The van der Waals surface area contributed by atoms with Crippen molar-refractivity contribution < 1.29 is 14.3 Å². The minimum absolute atomic E-state index is 0.0430. The van der Waals surface area contributed by atoms with Gasteiger partial charge in [0.2, 0.25) is 5.91 Å². The van der Waals surface area contributed by atoms with Gasteiger partial charge in [0.1, 0.15) is 5.75 Å². The van der Waals surface area contributed by atoms with Gasteiger partial charge in [-0.05, 0) is 41.7 Å². The summed E-state index contributed by atoms with van der Waals surface area (Å²) in [5.74, 6) is 1.44. The first-order chi connectivity index (χ1) is 14.0. The van der Waals surface area contributed by atoms with Crippen molar-refractivity contribution in [2.24, 2.45) is 0 Å². The fourth-order valence-electron chi connectivity index (χ4n) is 3.66. The molecule has 2 amide bonds. The van der Waals surface area contributed by atoms with Crippen LogP contribution in [0.4, 0.5) is 0 Å². The number of amides is 2. The van der Waals surface area contributed by atoms with Crippen molar-refractivity contribution in [3.8, 4) is 5.75 Å². The SMILES string of the molecule is COc1ccccc1CCC(=O)N1CCN(C(=O)c2ccc(C(C)C)cc2)CC1. The van der Waals surface area contributed by atoms with Gasteiger partial charge in [-0.3, -0.25) is 9.59 Å². The van der Waals surface area contributed by atoms with E-state index in [1.165, 1.54) is 5.56 Å². The van der Waals surface area contributed by atoms with Crippen molar-refractivity contribution in [3.05, 3.63) is 65.2 Å². The third-order valence-electron chi connectivity index (χ3n) is 5.54. The summed E-state index contributed by atoms with van der Waals surface area (Å²) in [5.41, 5.74) is 2.99. The Bertz CT molecular complexity index is 837. The topological polar surface area (TPSA) is 49.9 Å². The van der Waals surface area contributed by atoms with Crippen LogP contribution < -0.4 is 4.74 Å². The summed E-state index contributed by atoms with van der Waals surface area (Å²) in [7, 11) is 1.65. The second kappa shape index (κ2) is 9.59. The average Bonchev–Trinajstić information content (AvgIpc) is 2.77. The van der Waals surface area contributed by atoms with E-state index in [2.05, 4.69) is 13.8 Å². The van der Waals surface area contributed by atoms with Crippen molar-refractivity contribution in [3.63, 3.8) is 0 Å². The molecule has 2 aromatic carbocycles. The number of hydrogen-bond donors (Lipinski definition) is 0. The highest BCUT2D eigenvalue weighted by Gasteiger charge is 2.24. The van der Waals surface area contributed by atoms with E-state index in [9.17, 15) is 9.59 Å². The Balaban J connectivity index is 1.50. The van der Waals surface area contributed by atoms with Crippen LogP contribution in [0.15, 0.2) is 48.5 Å². The van der Waals surface area contributed by atoms with E-state index in [4.69, 9.17) is 4.74 Å². The molecule has 0 saturated carbocycles. The second-order valence-electron chi connectivity index (χ2n) is 7.76. The van der Waals surface area contributed by atoms with Gasteiger partial charge in [-0.1, -0.05) is 44.2 Å². The number of para-hydroxylation sites is 1. The molecule has 1 saturated heterocycles. The summed E-state index contributed by atoms with van der Waals surface area (Å²) in [6, 6.07) is 15.7. The quantitative estimate of drug-likeness (QED) is 0.750. The van der Waals surface area contributed by atoms with Crippen molar-refractivity contribution in [2.45, 2.75) is 32.6 Å². The Kier molecular flexibility index (Phi) is 6.91. The molecule has 0 radical (unpaired) electrons. The number of hydrogen-bond acceptors (Lipinski definition) is 3. The largest absolute Gasteiger partial charge is 0.496 e. The number of aryl methyl sites for hydroxylation is 1. The Morgan fingerprint density at radius 2 is 1.55 bits per heavy atom. The van der Waals surface area contributed by atoms with Gasteiger partial charge in [-0.2, -0.15) is 0 Å². The summed E-state index contributed by atoms with van der Waals surface area (Å²) in [6.07, 6.45) is 1.11. The van der Waals surface area contributed by atoms with Gasteiger partial charge in [0.15, 0.2) is 0 Å². The molecule has 0 aromatic heterocycles. The van der Waals surface area contributed by atoms with E-state index in [1.807, 2.05) is 58.3 Å². The Morgan fingerprint density at radius 1 is 0.931 bits per heavy atom. The molecule has 1 fully saturated rings. The molecule has 5 heteroatoms. The molecule has 3 rings (SSSR count). The van der Waals surface area contributed by atoms with Gasteiger partial charge < -0.3 is 14.5 Å². The zero-order valence-electron chi connectivity index (χ0n) is 17.6. The molecule has 0 N–H and O–H groups in total. The van der Waals surface area contributed by atoms with Crippen LogP contribution in [0.3, 0.4) is 0 Å². The predicted octanol–water partition coefficient (Wildman–Crippen LogP) is 3.74. The Hall–Kier alpha value is -2.82. The zero-order valence-corrected chi connectivity index (χ0v) is 17.6. The van der Waals surface area contributed by atoms with E-state index in [-0.39, 0.29) is 11.8 Å². The Labute approximate surface area is 173 Å². The lowest BCUT2D eigenvalue weighted by molar-refractivity contribution is -0.132. The average molecular weight is 395 g/mol. The van der Waals surface area contributed by atoms with Crippen LogP contribution in [0, 0.1) is 0 Å². The van der Waals surface area contributed by atoms with Gasteiger partial charge in [0.25, 0.3) is 5.91 Å². The molecule has 0 spiro atoms. The lowest BCUT2D eigenvalue weighted by atomic mass is 10.0. The van der Waals surface area contributed by atoms with Crippen molar-refractivity contribution >= 4 is 11.8 Å². The first-order valence-corrected chi connectivity index (χ1v) is 10.3. The van der Waals surface area contributed by atoms with E-state index < -0.39 is 0 Å². The third kappa shape index (κ3) is 5.17. The van der Waals surface area contributed by atoms with Crippen LogP contribution in [0.5, 0.6) is 5.75 Å². The smallest absolute Gasteiger partial charge is 0.253 e. The monoisotopic (exact) mass is 394 g/mol. The standard InChI is InChI=1S/C24H30N2O3/c1-18(2)19-8-10-21(11-9-19)24(28)26-16-14-25(15-17-26)23(27)13-12-20-6-4-5-7-22(20)29-3/h4-11,18H,12-17H2,1-3H3. The lowest BCUT2D eigenvalue weighted by Crippen LogP contribution is -2.50. The molecule has 2 aromatic rings. The van der Waals surface area contributed by atoms with Crippen LogP contribution in [-0.2, 0) is 11.2 Å². The molecule has 0 aliphatic carbocycles. The second-order valence-corrected chi connectivity index (χ2v) is 7.76. The number of carbonyl (C=O) groups excluding carboxylic acids is 2. The van der Waals surface area contributed by atoms with Crippen molar-refractivity contribution in [1.82, 2.24) is 9.80 Å². The molecular formula is C24H30N2O3. The molecule has 29 heavy (non-hydrogen) atoms. The number of rotatable bonds is 6. The highest BCUT2D eigenvalue weighted by molar-refractivity contribution is 5.94.